The number of carbonyl (C=O) groups excluding carboxylic acids is 1. The van der Waals surface area contributed by atoms with Gasteiger partial charge < -0.3 is 14.6 Å². The van der Waals surface area contributed by atoms with Gasteiger partial charge in [-0.1, -0.05) is 0 Å². The Labute approximate surface area is 172 Å². The fourth-order valence-corrected chi connectivity index (χ4v) is 2.90. The largest absolute Gasteiger partial charge is 0.468 e. The van der Waals surface area contributed by atoms with Gasteiger partial charge in [-0.2, -0.15) is 13.2 Å². The Morgan fingerprint density at radius 3 is 2.55 bits per heavy atom. The van der Waals surface area contributed by atoms with Crippen LogP contribution in [0.15, 0.2) is 34.2 Å². The summed E-state index contributed by atoms with van der Waals surface area (Å²) < 4.78 is 44.7. The van der Waals surface area contributed by atoms with E-state index in [1.807, 2.05) is 0 Å². The number of nitrogens with zero attached hydrogens (tertiary/aromatic N) is 5. The van der Waals surface area contributed by atoms with Gasteiger partial charge in [-0.3, -0.25) is 18.7 Å². The van der Waals surface area contributed by atoms with Gasteiger partial charge in [0.25, 0.3) is 5.56 Å². The summed E-state index contributed by atoms with van der Waals surface area (Å²) in [5.41, 5.74) is -0.120. The zero-order valence-corrected chi connectivity index (χ0v) is 16.6. The van der Waals surface area contributed by atoms with E-state index < -0.39 is 24.0 Å². The second-order valence-electron chi connectivity index (χ2n) is 6.76. The van der Waals surface area contributed by atoms with Gasteiger partial charge in [0.05, 0.1) is 18.2 Å². The molecule has 3 aromatic rings. The highest BCUT2D eigenvalue weighted by atomic mass is 19.4. The van der Waals surface area contributed by atoms with Crippen LogP contribution in [0.4, 0.5) is 18.9 Å². The third kappa shape index (κ3) is 5.10. The first kappa shape index (κ1) is 22.1. The molecule has 0 fully saturated rings. The molecule has 0 aromatic carbocycles. The van der Waals surface area contributed by atoms with Crippen LogP contribution in [-0.4, -0.2) is 42.4 Å². The number of ether oxygens (including phenoxy) is 1. The van der Waals surface area contributed by atoms with Gasteiger partial charge in [0.1, 0.15) is 0 Å². The third-order valence-corrected chi connectivity index (χ3v) is 4.42. The minimum absolute atomic E-state index is 0.109. The number of amides is 1. The molecule has 166 valence electrons. The monoisotopic (exact) mass is 440 g/mol. The number of hydrogen-bond donors (Lipinski definition) is 1. The molecule has 0 saturated heterocycles. The molecule has 0 aliphatic heterocycles. The Morgan fingerprint density at radius 2 is 1.90 bits per heavy atom. The summed E-state index contributed by atoms with van der Waals surface area (Å²) in [5.74, 6) is -0.547. The van der Waals surface area contributed by atoms with Crippen LogP contribution in [0.2, 0.25) is 0 Å². The van der Waals surface area contributed by atoms with E-state index in [2.05, 4.69) is 20.0 Å². The number of rotatable bonds is 7. The van der Waals surface area contributed by atoms with Crippen molar-refractivity contribution in [3.8, 4) is 5.88 Å². The van der Waals surface area contributed by atoms with Crippen molar-refractivity contribution in [2.75, 3.05) is 11.9 Å². The van der Waals surface area contributed by atoms with E-state index in [1.54, 1.807) is 4.57 Å². The molecule has 1 amide bonds. The predicted molar refractivity (Wildman–Crippen MR) is 104 cm³/mol. The summed E-state index contributed by atoms with van der Waals surface area (Å²) in [7, 11) is 2.89. The lowest BCUT2D eigenvalue weighted by molar-refractivity contribution is -0.154. The number of halogens is 3. The highest BCUT2D eigenvalue weighted by Crippen LogP contribution is 2.18. The van der Waals surface area contributed by atoms with Crippen molar-refractivity contribution in [1.29, 1.82) is 0 Å². The van der Waals surface area contributed by atoms with E-state index in [1.165, 1.54) is 43.3 Å². The van der Waals surface area contributed by atoms with E-state index in [0.717, 1.165) is 4.57 Å². The Bertz CT molecular complexity index is 1210. The quantitative estimate of drug-likeness (QED) is 0.591. The van der Waals surface area contributed by atoms with Crippen LogP contribution in [0.3, 0.4) is 0 Å². The molecule has 0 bridgehead atoms. The average Bonchev–Trinajstić information content (AvgIpc) is 3.13. The van der Waals surface area contributed by atoms with Crippen molar-refractivity contribution in [2.24, 2.45) is 14.1 Å². The standard InChI is InChI=1S/C18H19F3N6O4/c1-25-15-14(16(29)26(2)17(25)30)27(10-23-15)7-3-4-12(28)24-11-5-6-13(22-8-11)31-9-18(19,20)21/h5-6,8,10H,3-4,7,9H2,1-2H3,(H,24,28). The van der Waals surface area contributed by atoms with E-state index in [-0.39, 0.29) is 29.4 Å². The van der Waals surface area contributed by atoms with Crippen LogP contribution >= 0.6 is 0 Å². The molecule has 31 heavy (non-hydrogen) atoms. The van der Waals surface area contributed by atoms with Crippen molar-refractivity contribution in [3.63, 3.8) is 0 Å². The summed E-state index contributed by atoms with van der Waals surface area (Å²) in [6, 6.07) is 2.60. The second-order valence-corrected chi connectivity index (χ2v) is 6.76. The number of nitrogens with one attached hydrogen (secondary N) is 1. The van der Waals surface area contributed by atoms with E-state index in [0.29, 0.717) is 18.7 Å². The minimum Gasteiger partial charge on any atom is -0.468 e. The minimum atomic E-state index is -4.46. The Kier molecular flexibility index (Phi) is 6.13. The van der Waals surface area contributed by atoms with Gasteiger partial charge in [0.15, 0.2) is 17.8 Å². The van der Waals surface area contributed by atoms with Gasteiger partial charge in [-0.15, -0.1) is 0 Å². The van der Waals surface area contributed by atoms with Crippen LogP contribution in [0.1, 0.15) is 12.8 Å². The van der Waals surface area contributed by atoms with Crippen molar-refractivity contribution in [2.45, 2.75) is 25.6 Å². The maximum Gasteiger partial charge on any atom is 0.422 e. The van der Waals surface area contributed by atoms with Crippen molar-refractivity contribution >= 4 is 22.8 Å². The van der Waals surface area contributed by atoms with Crippen LogP contribution in [0.5, 0.6) is 5.88 Å². The molecular formula is C18H19F3N6O4. The third-order valence-electron chi connectivity index (χ3n) is 4.42. The molecule has 3 aromatic heterocycles. The van der Waals surface area contributed by atoms with Crippen molar-refractivity contribution in [3.05, 3.63) is 45.5 Å². The Balaban J connectivity index is 1.56. The molecule has 0 aliphatic carbocycles. The summed E-state index contributed by atoms with van der Waals surface area (Å²) in [6.07, 6.45) is -1.35. The number of pyridine rings is 1. The van der Waals surface area contributed by atoms with E-state index in [4.69, 9.17) is 0 Å². The molecular weight excluding hydrogens is 421 g/mol. The molecule has 0 radical (unpaired) electrons. The molecule has 1 N–H and O–H groups in total. The SMILES string of the molecule is Cn1c(=O)c2c(ncn2CCCC(=O)Nc2ccc(OCC(F)(F)F)nc2)n(C)c1=O. The van der Waals surface area contributed by atoms with E-state index >= 15 is 0 Å². The average molecular weight is 440 g/mol. The number of anilines is 1. The van der Waals surface area contributed by atoms with Gasteiger partial charge in [0.2, 0.25) is 11.8 Å². The zero-order chi connectivity index (χ0) is 22.8. The number of fused-ring (bicyclic) bond motifs is 1. The lowest BCUT2D eigenvalue weighted by Crippen LogP contribution is -2.37. The summed E-state index contributed by atoms with van der Waals surface area (Å²) in [4.78, 5) is 44.3. The topological polar surface area (TPSA) is 113 Å². The Morgan fingerprint density at radius 1 is 1.16 bits per heavy atom. The second kappa shape index (κ2) is 8.62. The maximum atomic E-state index is 12.4. The molecule has 13 heteroatoms. The summed E-state index contributed by atoms with van der Waals surface area (Å²) in [6.45, 7) is -1.13. The van der Waals surface area contributed by atoms with Crippen LogP contribution in [-0.2, 0) is 25.4 Å². The van der Waals surface area contributed by atoms with Gasteiger partial charge in [0, 0.05) is 33.1 Å². The fourth-order valence-electron chi connectivity index (χ4n) is 2.90. The first-order valence-corrected chi connectivity index (χ1v) is 9.13. The molecule has 0 atom stereocenters. The molecule has 0 spiro atoms. The molecule has 0 unspecified atom stereocenters. The first-order valence-electron chi connectivity index (χ1n) is 9.13. The maximum absolute atomic E-state index is 12.4. The normalized spacial score (nSPS) is 11.6. The van der Waals surface area contributed by atoms with Crippen molar-refractivity contribution < 1.29 is 22.7 Å². The number of aryl methyl sites for hydroxylation is 2. The van der Waals surface area contributed by atoms with Gasteiger partial charge in [-0.05, 0) is 12.5 Å². The summed E-state index contributed by atoms with van der Waals surface area (Å²) >= 11 is 0. The number of alkyl halides is 3. The first-order chi connectivity index (χ1) is 14.6. The van der Waals surface area contributed by atoms with E-state index in [9.17, 15) is 27.6 Å². The van der Waals surface area contributed by atoms with Crippen LogP contribution in [0, 0.1) is 0 Å². The zero-order valence-electron chi connectivity index (χ0n) is 16.6. The highest BCUT2D eigenvalue weighted by Gasteiger charge is 2.28. The molecule has 0 aliphatic rings. The predicted octanol–water partition coefficient (Wildman–Crippen LogP) is 1.19. The molecule has 10 nitrogen and oxygen atoms in total. The molecule has 3 rings (SSSR count). The van der Waals surface area contributed by atoms with Gasteiger partial charge in [-0.25, -0.2) is 14.8 Å². The Hall–Kier alpha value is -3.64. The number of carbonyl (C=O) groups is 1. The van der Waals surface area contributed by atoms with Crippen molar-refractivity contribution in [1.82, 2.24) is 23.7 Å². The van der Waals surface area contributed by atoms with Crippen LogP contribution < -0.4 is 21.3 Å². The van der Waals surface area contributed by atoms with Gasteiger partial charge >= 0.3 is 11.9 Å². The number of aromatic nitrogens is 5. The number of hydrogen-bond acceptors (Lipinski definition) is 6. The molecule has 0 saturated carbocycles. The van der Waals surface area contributed by atoms with Crippen LogP contribution in [0.25, 0.3) is 11.2 Å². The molecule has 3 heterocycles. The summed E-state index contributed by atoms with van der Waals surface area (Å²) in [5, 5.41) is 2.58. The lowest BCUT2D eigenvalue weighted by Gasteiger charge is -2.09. The smallest absolute Gasteiger partial charge is 0.422 e. The number of imidazole rings is 1. The fraction of sp³-hybridized carbons (Fsp3) is 0.389. The lowest BCUT2D eigenvalue weighted by atomic mass is 10.3. The highest BCUT2D eigenvalue weighted by molar-refractivity contribution is 5.90.